The van der Waals surface area contributed by atoms with Gasteiger partial charge < -0.3 is 10.6 Å². The highest BCUT2D eigenvalue weighted by molar-refractivity contribution is 5.74. The number of amides is 2. The number of urea groups is 1. The second kappa shape index (κ2) is 7.00. The van der Waals surface area contributed by atoms with Crippen LogP contribution < -0.4 is 10.6 Å². The van der Waals surface area contributed by atoms with Crippen molar-refractivity contribution in [1.29, 1.82) is 0 Å². The summed E-state index contributed by atoms with van der Waals surface area (Å²) in [4.78, 5) is 13.2. The van der Waals surface area contributed by atoms with Gasteiger partial charge in [-0.15, -0.1) is 0 Å². The van der Waals surface area contributed by atoms with Gasteiger partial charge in [0.1, 0.15) is 0 Å². The zero-order valence-electron chi connectivity index (χ0n) is 12.4. The van der Waals surface area contributed by atoms with Gasteiger partial charge in [-0.05, 0) is 18.9 Å². The van der Waals surface area contributed by atoms with Crippen molar-refractivity contribution < 1.29 is 18.0 Å². The highest BCUT2D eigenvalue weighted by atomic mass is 19.4. The number of halogens is 3. The highest BCUT2D eigenvalue weighted by Crippen LogP contribution is 2.20. The molecule has 0 aromatic heterocycles. The molecule has 0 bridgehead atoms. The van der Waals surface area contributed by atoms with Crippen LogP contribution in [0.25, 0.3) is 0 Å². The molecule has 0 unspecified atom stereocenters. The van der Waals surface area contributed by atoms with Crippen LogP contribution in [0, 0.1) is 0 Å². The van der Waals surface area contributed by atoms with Gasteiger partial charge in [0.05, 0.1) is 12.6 Å². The van der Waals surface area contributed by atoms with Gasteiger partial charge in [0.25, 0.3) is 0 Å². The van der Waals surface area contributed by atoms with Gasteiger partial charge in [-0.3, -0.25) is 4.90 Å². The van der Waals surface area contributed by atoms with E-state index in [0.29, 0.717) is 13.0 Å². The van der Waals surface area contributed by atoms with Crippen LogP contribution in [0.15, 0.2) is 30.3 Å². The molecule has 1 saturated heterocycles. The topological polar surface area (TPSA) is 44.4 Å². The Hall–Kier alpha value is -1.76. The molecule has 0 saturated carbocycles. The number of alkyl halides is 3. The van der Waals surface area contributed by atoms with Gasteiger partial charge in [-0.2, -0.15) is 13.2 Å². The first-order valence-corrected chi connectivity index (χ1v) is 7.24. The molecule has 0 aliphatic carbocycles. The normalized spacial score (nSPS) is 20.6. The second-order valence-corrected chi connectivity index (χ2v) is 5.59. The first kappa shape index (κ1) is 16.6. The number of carbonyl (C=O) groups excluding carboxylic acids is 1. The minimum atomic E-state index is -4.20. The number of nitrogens with zero attached hydrogens (tertiary/aromatic N) is 1. The first-order valence-electron chi connectivity index (χ1n) is 7.24. The average molecular weight is 315 g/mol. The molecular formula is C15H20F3N3O. The van der Waals surface area contributed by atoms with Gasteiger partial charge in [0.2, 0.25) is 0 Å². The van der Waals surface area contributed by atoms with Gasteiger partial charge in [-0.1, -0.05) is 30.3 Å². The number of rotatable bonds is 4. The molecule has 1 aromatic rings. The molecule has 1 aliphatic rings. The number of carbonyl (C=O) groups is 1. The third-order valence-electron chi connectivity index (χ3n) is 3.66. The maximum absolute atomic E-state index is 12.3. The number of hydrogen-bond acceptors (Lipinski definition) is 2. The van der Waals surface area contributed by atoms with Crippen LogP contribution in [0.3, 0.4) is 0 Å². The van der Waals surface area contributed by atoms with Crippen LogP contribution in [0.5, 0.6) is 0 Å². The highest BCUT2D eigenvalue weighted by Gasteiger charge is 2.34. The molecule has 2 N–H and O–H groups in total. The van der Waals surface area contributed by atoms with Crippen molar-refractivity contribution in [2.24, 2.45) is 0 Å². The maximum atomic E-state index is 12.3. The number of likely N-dealkylation sites (tertiary alicyclic amines) is 1. The lowest BCUT2D eigenvalue weighted by atomic mass is 10.1. The Balaban J connectivity index is 1.76. The first-order chi connectivity index (χ1) is 10.3. The molecule has 2 atom stereocenters. The molecule has 7 heteroatoms. The fourth-order valence-electron chi connectivity index (χ4n) is 2.60. The lowest BCUT2D eigenvalue weighted by Gasteiger charge is -2.19. The third kappa shape index (κ3) is 5.22. The third-order valence-corrected chi connectivity index (χ3v) is 3.66. The summed E-state index contributed by atoms with van der Waals surface area (Å²) in [5.41, 5.74) is 0.975. The lowest BCUT2D eigenvalue weighted by Crippen LogP contribution is -2.44. The molecular weight excluding hydrogens is 295 g/mol. The van der Waals surface area contributed by atoms with Crippen LogP contribution in [-0.2, 0) is 0 Å². The smallest absolute Gasteiger partial charge is 0.334 e. The van der Waals surface area contributed by atoms with Crippen molar-refractivity contribution in [2.45, 2.75) is 31.6 Å². The molecule has 2 amide bonds. The minimum Gasteiger partial charge on any atom is -0.334 e. The molecule has 1 heterocycles. The Bertz CT molecular complexity index is 493. The van der Waals surface area contributed by atoms with Gasteiger partial charge in [0.15, 0.2) is 0 Å². The zero-order valence-corrected chi connectivity index (χ0v) is 12.4. The molecule has 1 aromatic carbocycles. The van der Waals surface area contributed by atoms with E-state index < -0.39 is 12.7 Å². The Labute approximate surface area is 127 Å². The SMILES string of the molecule is C[C@@H](NC(=O)N[C@H]1CCN(CC(F)(F)F)C1)c1ccccc1. The van der Waals surface area contributed by atoms with Crippen molar-refractivity contribution in [3.8, 4) is 0 Å². The van der Waals surface area contributed by atoms with Crippen molar-refractivity contribution >= 4 is 6.03 Å². The van der Waals surface area contributed by atoms with E-state index >= 15 is 0 Å². The van der Waals surface area contributed by atoms with Crippen LogP contribution in [0.1, 0.15) is 24.9 Å². The quantitative estimate of drug-likeness (QED) is 0.897. The van der Waals surface area contributed by atoms with Crippen molar-refractivity contribution in [1.82, 2.24) is 15.5 Å². The van der Waals surface area contributed by atoms with E-state index in [0.717, 1.165) is 5.56 Å². The zero-order chi connectivity index (χ0) is 16.2. The van der Waals surface area contributed by atoms with Crippen molar-refractivity contribution in [2.75, 3.05) is 19.6 Å². The van der Waals surface area contributed by atoms with Crippen LogP contribution in [0.2, 0.25) is 0 Å². The second-order valence-electron chi connectivity index (χ2n) is 5.59. The monoisotopic (exact) mass is 315 g/mol. The van der Waals surface area contributed by atoms with Crippen molar-refractivity contribution in [3.63, 3.8) is 0 Å². The molecule has 2 rings (SSSR count). The van der Waals surface area contributed by atoms with Gasteiger partial charge >= 0.3 is 12.2 Å². The largest absolute Gasteiger partial charge is 0.401 e. The van der Waals surface area contributed by atoms with Crippen molar-refractivity contribution in [3.05, 3.63) is 35.9 Å². The summed E-state index contributed by atoms with van der Waals surface area (Å²) in [6.45, 7) is 1.51. The van der Waals surface area contributed by atoms with E-state index in [-0.39, 0.29) is 24.7 Å². The predicted molar refractivity (Wildman–Crippen MR) is 77.4 cm³/mol. The number of nitrogens with one attached hydrogen (secondary N) is 2. The number of benzene rings is 1. The Morgan fingerprint density at radius 1 is 1.36 bits per heavy atom. The van der Waals surface area contributed by atoms with Crippen LogP contribution in [0.4, 0.5) is 18.0 Å². The maximum Gasteiger partial charge on any atom is 0.401 e. The summed E-state index contributed by atoms with van der Waals surface area (Å²) in [7, 11) is 0. The molecule has 1 fully saturated rings. The van der Waals surface area contributed by atoms with E-state index in [4.69, 9.17) is 0 Å². The van der Waals surface area contributed by atoms with E-state index in [1.54, 1.807) is 0 Å². The van der Waals surface area contributed by atoms with Gasteiger partial charge in [0, 0.05) is 19.1 Å². The van der Waals surface area contributed by atoms with E-state index in [9.17, 15) is 18.0 Å². The average Bonchev–Trinajstić information content (AvgIpc) is 2.84. The Morgan fingerprint density at radius 2 is 2.05 bits per heavy atom. The summed E-state index contributed by atoms with van der Waals surface area (Å²) in [5, 5.41) is 5.53. The van der Waals surface area contributed by atoms with E-state index in [1.165, 1.54) is 4.90 Å². The summed E-state index contributed by atoms with van der Waals surface area (Å²) in [6.07, 6.45) is -3.66. The lowest BCUT2D eigenvalue weighted by molar-refractivity contribution is -0.143. The molecule has 0 radical (unpaired) electrons. The summed E-state index contributed by atoms with van der Waals surface area (Å²) in [5.74, 6) is 0. The van der Waals surface area contributed by atoms with E-state index in [2.05, 4.69) is 10.6 Å². The summed E-state index contributed by atoms with van der Waals surface area (Å²) in [6, 6.07) is 8.73. The summed E-state index contributed by atoms with van der Waals surface area (Å²) < 4.78 is 36.9. The fraction of sp³-hybridized carbons (Fsp3) is 0.533. The fourth-order valence-corrected chi connectivity index (χ4v) is 2.60. The summed E-state index contributed by atoms with van der Waals surface area (Å²) >= 11 is 0. The van der Waals surface area contributed by atoms with E-state index in [1.807, 2.05) is 37.3 Å². The van der Waals surface area contributed by atoms with Gasteiger partial charge in [-0.25, -0.2) is 4.79 Å². The number of hydrogen-bond donors (Lipinski definition) is 2. The van der Waals surface area contributed by atoms with Crippen LogP contribution in [-0.4, -0.2) is 42.8 Å². The Morgan fingerprint density at radius 3 is 2.68 bits per heavy atom. The molecule has 1 aliphatic heterocycles. The molecule has 4 nitrogen and oxygen atoms in total. The predicted octanol–water partition coefficient (Wildman–Crippen LogP) is 2.68. The molecule has 22 heavy (non-hydrogen) atoms. The minimum absolute atomic E-state index is 0.158. The van der Waals surface area contributed by atoms with Crippen LogP contribution >= 0.6 is 0 Å². The Kier molecular flexibility index (Phi) is 5.28. The molecule has 122 valence electrons. The standard InChI is InChI=1S/C15H20F3N3O/c1-11(12-5-3-2-4-6-12)19-14(22)20-13-7-8-21(9-13)10-15(16,17)18/h2-6,11,13H,7-10H2,1H3,(H2,19,20,22)/t11-,13+/m1/s1. The molecule has 0 spiro atoms.